The Hall–Kier alpha value is -1.03. The van der Waals surface area contributed by atoms with Crippen LogP contribution >= 0.6 is 15.9 Å². The van der Waals surface area contributed by atoms with Gasteiger partial charge in [0.05, 0.1) is 6.04 Å². The first-order valence-electron chi connectivity index (χ1n) is 6.89. The van der Waals surface area contributed by atoms with Crippen LogP contribution in [0.1, 0.15) is 44.7 Å². The van der Waals surface area contributed by atoms with Crippen LogP contribution in [0.3, 0.4) is 0 Å². The van der Waals surface area contributed by atoms with Gasteiger partial charge in [-0.1, -0.05) is 47.5 Å². The highest BCUT2D eigenvalue weighted by atomic mass is 79.9. The molecule has 0 radical (unpaired) electrons. The normalized spacial score (nSPS) is 23.9. The summed E-state index contributed by atoms with van der Waals surface area (Å²) in [5.74, 6) is 0.588. The molecule has 0 saturated heterocycles. The van der Waals surface area contributed by atoms with Gasteiger partial charge in [0.25, 0.3) is 0 Å². The van der Waals surface area contributed by atoms with Gasteiger partial charge in [0, 0.05) is 10.5 Å². The van der Waals surface area contributed by atoms with E-state index < -0.39 is 0 Å². The third-order valence-electron chi connectivity index (χ3n) is 3.90. The van der Waals surface area contributed by atoms with Gasteiger partial charge in [0.2, 0.25) is 0 Å². The summed E-state index contributed by atoms with van der Waals surface area (Å²) >= 11 is 3.51. The van der Waals surface area contributed by atoms with E-state index in [4.69, 9.17) is 0 Å². The summed E-state index contributed by atoms with van der Waals surface area (Å²) < 4.78 is 1.03. The molecule has 2 N–H and O–H groups in total. The second-order valence-electron chi connectivity index (χ2n) is 5.38. The van der Waals surface area contributed by atoms with Gasteiger partial charge in [0.1, 0.15) is 0 Å². The molecule has 0 aliphatic heterocycles. The number of halogens is 1. The predicted molar refractivity (Wildman–Crippen MR) is 81.0 cm³/mol. The number of nitrogens with one attached hydrogen (secondary N) is 2. The maximum absolute atomic E-state index is 12.0. The molecule has 0 aromatic heterocycles. The van der Waals surface area contributed by atoms with Gasteiger partial charge in [-0.25, -0.2) is 4.79 Å². The van der Waals surface area contributed by atoms with Crippen LogP contribution in [-0.4, -0.2) is 12.1 Å². The minimum absolute atomic E-state index is 0.00714. The minimum Gasteiger partial charge on any atom is -0.335 e. The maximum atomic E-state index is 12.0. The Morgan fingerprint density at radius 3 is 2.74 bits per heavy atom. The van der Waals surface area contributed by atoms with E-state index in [0.29, 0.717) is 12.0 Å². The maximum Gasteiger partial charge on any atom is 0.315 e. The molecule has 1 aromatic carbocycles. The molecule has 1 fully saturated rings. The summed E-state index contributed by atoms with van der Waals surface area (Å²) in [6.07, 6.45) is 3.52. The molecule has 3 atom stereocenters. The van der Waals surface area contributed by atoms with Crippen molar-refractivity contribution < 1.29 is 4.79 Å². The number of carbonyl (C=O) groups is 1. The summed E-state index contributed by atoms with van der Waals surface area (Å²) in [4.78, 5) is 12.0. The molecule has 0 spiro atoms. The van der Waals surface area contributed by atoms with Crippen LogP contribution in [-0.2, 0) is 0 Å². The van der Waals surface area contributed by atoms with E-state index in [-0.39, 0.29) is 12.1 Å². The molecule has 19 heavy (non-hydrogen) atoms. The number of carbonyl (C=O) groups excluding carboxylic acids is 1. The van der Waals surface area contributed by atoms with E-state index in [1.807, 2.05) is 31.2 Å². The van der Waals surface area contributed by atoms with E-state index in [0.717, 1.165) is 16.5 Å². The van der Waals surface area contributed by atoms with Gasteiger partial charge in [-0.15, -0.1) is 0 Å². The summed E-state index contributed by atoms with van der Waals surface area (Å²) in [5.41, 5.74) is 1.09. The Balaban J connectivity index is 1.90. The molecule has 0 bridgehead atoms. The lowest BCUT2D eigenvalue weighted by molar-refractivity contribution is 0.231. The van der Waals surface area contributed by atoms with Gasteiger partial charge in [-0.2, -0.15) is 0 Å². The fourth-order valence-electron chi connectivity index (χ4n) is 2.67. The van der Waals surface area contributed by atoms with Crippen molar-refractivity contribution in [1.82, 2.24) is 10.6 Å². The molecular weight excluding hydrogens is 304 g/mol. The van der Waals surface area contributed by atoms with Crippen molar-refractivity contribution in [2.24, 2.45) is 5.92 Å². The topological polar surface area (TPSA) is 41.1 Å². The first-order valence-corrected chi connectivity index (χ1v) is 7.68. The average Bonchev–Trinajstić information content (AvgIpc) is 2.75. The second kappa shape index (κ2) is 6.42. The monoisotopic (exact) mass is 324 g/mol. The molecule has 4 heteroatoms. The van der Waals surface area contributed by atoms with Gasteiger partial charge in [-0.3, -0.25) is 0 Å². The van der Waals surface area contributed by atoms with Gasteiger partial charge < -0.3 is 10.6 Å². The molecule has 1 saturated carbocycles. The first kappa shape index (κ1) is 14.4. The summed E-state index contributed by atoms with van der Waals surface area (Å²) in [6.45, 7) is 4.20. The Labute approximate surface area is 123 Å². The standard InChI is InChI=1S/C15H21BrN2O/c1-10-6-5-9-14(10)18-15(19)17-11(2)12-7-3-4-8-13(12)16/h3-4,7-8,10-11,14H,5-6,9H2,1-2H3,(H2,17,18,19). The Bertz CT molecular complexity index is 450. The zero-order chi connectivity index (χ0) is 13.8. The van der Waals surface area contributed by atoms with Gasteiger partial charge in [-0.05, 0) is 37.3 Å². The van der Waals surface area contributed by atoms with Crippen LogP contribution < -0.4 is 10.6 Å². The van der Waals surface area contributed by atoms with Gasteiger partial charge >= 0.3 is 6.03 Å². The van der Waals surface area contributed by atoms with E-state index in [1.165, 1.54) is 12.8 Å². The minimum atomic E-state index is -0.0676. The smallest absolute Gasteiger partial charge is 0.315 e. The molecule has 1 aliphatic rings. The number of rotatable bonds is 3. The Morgan fingerprint density at radius 2 is 2.11 bits per heavy atom. The molecule has 1 aromatic rings. The van der Waals surface area contributed by atoms with Crippen molar-refractivity contribution in [1.29, 1.82) is 0 Å². The van der Waals surface area contributed by atoms with Crippen LogP contribution in [0.2, 0.25) is 0 Å². The molecule has 104 valence electrons. The number of benzene rings is 1. The van der Waals surface area contributed by atoms with E-state index >= 15 is 0 Å². The zero-order valence-electron chi connectivity index (χ0n) is 11.4. The van der Waals surface area contributed by atoms with Crippen molar-refractivity contribution in [3.05, 3.63) is 34.3 Å². The molecular formula is C15H21BrN2O. The lowest BCUT2D eigenvalue weighted by Crippen LogP contribution is -2.44. The van der Waals surface area contributed by atoms with Gasteiger partial charge in [0.15, 0.2) is 0 Å². The summed E-state index contributed by atoms with van der Waals surface area (Å²) in [7, 11) is 0. The van der Waals surface area contributed by atoms with Crippen molar-refractivity contribution in [3.63, 3.8) is 0 Å². The number of hydrogen-bond donors (Lipinski definition) is 2. The van der Waals surface area contributed by atoms with Crippen molar-refractivity contribution >= 4 is 22.0 Å². The third-order valence-corrected chi connectivity index (χ3v) is 4.62. The molecule has 3 nitrogen and oxygen atoms in total. The highest BCUT2D eigenvalue weighted by Gasteiger charge is 2.25. The van der Waals surface area contributed by atoms with Crippen LogP contribution in [0.15, 0.2) is 28.7 Å². The highest BCUT2D eigenvalue weighted by Crippen LogP contribution is 2.25. The quantitative estimate of drug-likeness (QED) is 0.866. The zero-order valence-corrected chi connectivity index (χ0v) is 13.0. The second-order valence-corrected chi connectivity index (χ2v) is 6.23. The van der Waals surface area contributed by atoms with E-state index in [9.17, 15) is 4.79 Å². The predicted octanol–water partition coefficient (Wildman–Crippen LogP) is 4.00. The molecule has 2 amide bonds. The van der Waals surface area contributed by atoms with E-state index in [1.54, 1.807) is 0 Å². The number of urea groups is 1. The average molecular weight is 325 g/mol. The first-order chi connectivity index (χ1) is 9.08. The largest absolute Gasteiger partial charge is 0.335 e. The fourth-order valence-corrected chi connectivity index (χ4v) is 3.30. The third kappa shape index (κ3) is 3.72. The van der Waals surface area contributed by atoms with E-state index in [2.05, 4.69) is 33.5 Å². The van der Waals surface area contributed by atoms with Crippen LogP contribution in [0.5, 0.6) is 0 Å². The van der Waals surface area contributed by atoms with Crippen molar-refractivity contribution in [3.8, 4) is 0 Å². The molecule has 0 heterocycles. The molecule has 1 aliphatic carbocycles. The molecule has 2 rings (SSSR count). The lowest BCUT2D eigenvalue weighted by Gasteiger charge is -2.21. The van der Waals surface area contributed by atoms with Crippen LogP contribution in [0.4, 0.5) is 4.79 Å². The van der Waals surface area contributed by atoms with Crippen molar-refractivity contribution in [2.45, 2.75) is 45.2 Å². The Kier molecular flexibility index (Phi) is 4.86. The lowest BCUT2D eigenvalue weighted by atomic mass is 10.1. The SMILES string of the molecule is CC(NC(=O)NC1CCCC1C)c1ccccc1Br. The summed E-state index contributed by atoms with van der Waals surface area (Å²) in [6, 6.07) is 8.22. The number of amides is 2. The summed E-state index contributed by atoms with van der Waals surface area (Å²) in [5, 5.41) is 6.09. The molecule has 3 unspecified atom stereocenters. The van der Waals surface area contributed by atoms with Crippen LogP contribution in [0.25, 0.3) is 0 Å². The highest BCUT2D eigenvalue weighted by molar-refractivity contribution is 9.10. The van der Waals surface area contributed by atoms with Crippen molar-refractivity contribution in [2.75, 3.05) is 0 Å². The Morgan fingerprint density at radius 1 is 1.37 bits per heavy atom. The van der Waals surface area contributed by atoms with Crippen LogP contribution in [0, 0.1) is 5.92 Å². The number of hydrogen-bond acceptors (Lipinski definition) is 1. The fraction of sp³-hybridized carbons (Fsp3) is 0.533.